The molecule has 3 aromatic rings. The number of sulfone groups is 1. The number of nitrogens with one attached hydrogen (secondary N) is 1. The predicted molar refractivity (Wildman–Crippen MR) is 142 cm³/mol. The van der Waals surface area contributed by atoms with E-state index in [9.17, 15) is 18.0 Å². The molecular formula is C29H31NO7S. The van der Waals surface area contributed by atoms with Crippen LogP contribution in [0.2, 0.25) is 0 Å². The Balaban J connectivity index is 1.28. The Hall–Kier alpha value is -3.53. The quantitative estimate of drug-likeness (QED) is 0.159. The van der Waals surface area contributed by atoms with Crippen molar-refractivity contribution in [1.29, 1.82) is 0 Å². The van der Waals surface area contributed by atoms with Crippen LogP contribution in [0.4, 0.5) is 0 Å². The number of hydrogen-bond donors (Lipinski definition) is 2. The van der Waals surface area contributed by atoms with Crippen molar-refractivity contribution in [3.05, 3.63) is 84.4 Å². The number of Topliss-reactive ketones (excluding diaryl/α,β-unsaturated/α-hetero) is 1. The maximum Gasteiger partial charge on any atom is 0.265 e. The number of hydroxylamine groups is 1. The van der Waals surface area contributed by atoms with Gasteiger partial charge in [0.25, 0.3) is 5.91 Å². The van der Waals surface area contributed by atoms with Crippen LogP contribution in [-0.2, 0) is 19.4 Å². The summed E-state index contributed by atoms with van der Waals surface area (Å²) in [6, 6.07) is 23.4. The minimum absolute atomic E-state index is 0.0290. The molecule has 1 aliphatic heterocycles. The second-order valence-electron chi connectivity index (χ2n) is 9.20. The summed E-state index contributed by atoms with van der Waals surface area (Å²) in [6.07, 6.45) is 1.62. The molecule has 0 atom stereocenters. The van der Waals surface area contributed by atoms with E-state index in [-0.39, 0.29) is 36.7 Å². The number of hydrogen-bond acceptors (Lipinski definition) is 7. The molecule has 0 bridgehead atoms. The lowest BCUT2D eigenvalue weighted by Gasteiger charge is -2.34. The molecule has 8 nitrogen and oxygen atoms in total. The predicted octanol–water partition coefficient (Wildman–Crippen LogP) is 4.61. The molecule has 4 rings (SSSR count). The van der Waals surface area contributed by atoms with Crippen molar-refractivity contribution >= 4 is 21.5 Å². The first-order valence-electron chi connectivity index (χ1n) is 12.6. The molecule has 0 unspecified atom stereocenters. The molecule has 38 heavy (non-hydrogen) atoms. The Kier molecular flexibility index (Phi) is 8.93. The van der Waals surface area contributed by atoms with E-state index in [1.165, 1.54) is 29.7 Å². The first-order valence-corrected chi connectivity index (χ1v) is 14.0. The number of carbonyl (C=O) groups excluding carboxylic acids is 2. The third-order valence-electron chi connectivity index (χ3n) is 6.82. The first kappa shape index (κ1) is 27.5. The minimum Gasteiger partial charge on any atom is -0.494 e. The molecule has 3 aromatic carbocycles. The molecule has 9 heteroatoms. The molecule has 1 fully saturated rings. The maximum atomic E-state index is 13.3. The summed E-state index contributed by atoms with van der Waals surface area (Å²) >= 11 is 0. The van der Waals surface area contributed by atoms with Gasteiger partial charge in [0.15, 0.2) is 20.4 Å². The molecule has 0 aromatic heterocycles. The molecule has 0 saturated carbocycles. The highest BCUT2D eigenvalue weighted by Gasteiger charge is 2.52. The van der Waals surface area contributed by atoms with Gasteiger partial charge in [-0.05, 0) is 67.1 Å². The third kappa shape index (κ3) is 5.96. The Bertz CT molecular complexity index is 1350. The molecule has 1 heterocycles. The largest absolute Gasteiger partial charge is 0.494 e. The number of ether oxygens (including phenoxy) is 2. The van der Waals surface area contributed by atoms with E-state index in [0.29, 0.717) is 37.2 Å². The molecular weight excluding hydrogens is 506 g/mol. The van der Waals surface area contributed by atoms with Crippen LogP contribution in [0.5, 0.6) is 5.75 Å². The zero-order valence-corrected chi connectivity index (χ0v) is 21.8. The summed E-state index contributed by atoms with van der Waals surface area (Å²) in [4.78, 5) is 25.0. The third-order valence-corrected chi connectivity index (χ3v) is 9.34. The average molecular weight is 538 g/mol. The van der Waals surface area contributed by atoms with Gasteiger partial charge in [0.05, 0.1) is 11.5 Å². The summed E-state index contributed by atoms with van der Waals surface area (Å²) in [5.74, 6) is -0.396. The molecule has 1 aliphatic rings. The van der Waals surface area contributed by atoms with Crippen molar-refractivity contribution in [3.63, 3.8) is 0 Å². The maximum absolute atomic E-state index is 13.3. The lowest BCUT2D eigenvalue weighted by molar-refractivity contribution is -0.134. The lowest BCUT2D eigenvalue weighted by atomic mass is 9.98. The van der Waals surface area contributed by atoms with Crippen LogP contribution in [0, 0.1) is 0 Å². The van der Waals surface area contributed by atoms with Gasteiger partial charge in [-0.15, -0.1) is 0 Å². The second kappa shape index (κ2) is 12.3. The Morgan fingerprint density at radius 2 is 1.58 bits per heavy atom. The van der Waals surface area contributed by atoms with Crippen molar-refractivity contribution < 1.29 is 32.7 Å². The van der Waals surface area contributed by atoms with E-state index >= 15 is 0 Å². The van der Waals surface area contributed by atoms with Crippen LogP contribution in [0.3, 0.4) is 0 Å². The molecule has 1 saturated heterocycles. The fourth-order valence-electron chi connectivity index (χ4n) is 4.59. The number of ketones is 1. The van der Waals surface area contributed by atoms with Gasteiger partial charge < -0.3 is 9.47 Å². The molecule has 0 aliphatic carbocycles. The van der Waals surface area contributed by atoms with Gasteiger partial charge in [-0.1, -0.05) is 48.5 Å². The normalized spacial score (nSPS) is 15.0. The highest BCUT2D eigenvalue weighted by molar-refractivity contribution is 7.93. The number of benzene rings is 3. The van der Waals surface area contributed by atoms with Gasteiger partial charge in [-0.3, -0.25) is 14.8 Å². The molecule has 200 valence electrons. The van der Waals surface area contributed by atoms with Crippen molar-refractivity contribution in [1.82, 2.24) is 5.48 Å². The number of unbranched alkanes of at least 4 members (excludes halogenated alkanes) is 1. The summed E-state index contributed by atoms with van der Waals surface area (Å²) in [6.45, 7) is 0.585. The molecule has 1 amide bonds. The minimum atomic E-state index is -4.08. The van der Waals surface area contributed by atoms with Crippen LogP contribution >= 0.6 is 0 Å². The smallest absolute Gasteiger partial charge is 0.265 e. The highest BCUT2D eigenvalue weighted by atomic mass is 32.2. The van der Waals surface area contributed by atoms with Gasteiger partial charge in [0.1, 0.15) is 5.75 Å². The zero-order valence-electron chi connectivity index (χ0n) is 21.0. The van der Waals surface area contributed by atoms with Crippen molar-refractivity contribution in [2.45, 2.75) is 41.7 Å². The van der Waals surface area contributed by atoms with E-state index in [0.717, 1.165) is 11.1 Å². The van der Waals surface area contributed by atoms with Crippen LogP contribution in [0.15, 0.2) is 83.8 Å². The van der Waals surface area contributed by atoms with Crippen molar-refractivity contribution in [3.8, 4) is 16.9 Å². The van der Waals surface area contributed by atoms with Crippen LogP contribution in [0.1, 0.15) is 42.5 Å². The molecule has 0 radical (unpaired) electrons. The Morgan fingerprint density at radius 3 is 2.26 bits per heavy atom. The summed E-state index contributed by atoms with van der Waals surface area (Å²) in [5, 5.41) is 9.16. The number of carbonyl (C=O) groups is 2. The van der Waals surface area contributed by atoms with Crippen LogP contribution in [0.25, 0.3) is 11.1 Å². The lowest BCUT2D eigenvalue weighted by Crippen LogP contribution is -2.54. The van der Waals surface area contributed by atoms with E-state index in [1.807, 2.05) is 54.6 Å². The van der Waals surface area contributed by atoms with E-state index < -0.39 is 20.5 Å². The summed E-state index contributed by atoms with van der Waals surface area (Å²) in [5.41, 5.74) is 4.26. The van der Waals surface area contributed by atoms with Gasteiger partial charge >= 0.3 is 0 Å². The van der Waals surface area contributed by atoms with Crippen molar-refractivity contribution in [2.24, 2.45) is 0 Å². The van der Waals surface area contributed by atoms with E-state index in [2.05, 4.69) is 0 Å². The Labute approximate surface area is 222 Å². The van der Waals surface area contributed by atoms with E-state index in [1.54, 1.807) is 0 Å². The number of rotatable bonds is 11. The fraction of sp³-hybridized carbons (Fsp3) is 0.310. The van der Waals surface area contributed by atoms with Crippen molar-refractivity contribution in [2.75, 3.05) is 19.8 Å². The fourth-order valence-corrected chi connectivity index (χ4v) is 6.53. The second-order valence-corrected chi connectivity index (χ2v) is 11.5. The van der Waals surface area contributed by atoms with E-state index in [4.69, 9.17) is 14.7 Å². The molecule has 2 N–H and O–H groups in total. The van der Waals surface area contributed by atoms with Gasteiger partial charge in [0.2, 0.25) is 0 Å². The monoisotopic (exact) mass is 537 g/mol. The average Bonchev–Trinajstić information content (AvgIpc) is 2.97. The summed E-state index contributed by atoms with van der Waals surface area (Å²) < 4.78 is 35.8. The SMILES string of the molecule is O=C(CCCCOc1ccc(S(=O)(=O)C2(C(=O)NO)CCOCC2)cc1)c1cccc(-c2ccccc2)c1. The van der Waals surface area contributed by atoms with Gasteiger partial charge in [-0.2, -0.15) is 0 Å². The van der Waals surface area contributed by atoms with Gasteiger partial charge in [-0.25, -0.2) is 13.9 Å². The standard InChI is InChI=1S/C29H31NO7S/c31-27(24-10-6-9-23(21-24)22-7-2-1-3-8-22)11-4-5-18-37-25-12-14-26(15-13-25)38(34,35)29(28(32)30-33)16-19-36-20-17-29/h1-3,6-10,12-15,21,33H,4-5,11,16-20H2,(H,30,32). The molecule has 0 spiro atoms. The highest BCUT2D eigenvalue weighted by Crippen LogP contribution is 2.35. The van der Waals surface area contributed by atoms with Crippen LogP contribution in [-0.4, -0.2) is 49.9 Å². The van der Waals surface area contributed by atoms with Crippen LogP contribution < -0.4 is 10.2 Å². The number of amides is 1. The van der Waals surface area contributed by atoms with Gasteiger partial charge in [0, 0.05) is 25.2 Å². The Morgan fingerprint density at radius 1 is 0.895 bits per heavy atom. The zero-order chi connectivity index (χ0) is 27.0. The first-order chi connectivity index (χ1) is 18.4. The topological polar surface area (TPSA) is 119 Å². The summed E-state index contributed by atoms with van der Waals surface area (Å²) in [7, 11) is -4.08.